The molecule has 6 aliphatic rings. The van der Waals surface area contributed by atoms with Crippen LogP contribution in [0.4, 0.5) is 0 Å². The van der Waals surface area contributed by atoms with E-state index in [-0.39, 0.29) is 35.7 Å². The smallest absolute Gasteiger partial charge is 0.136 e. The summed E-state index contributed by atoms with van der Waals surface area (Å²) in [7, 11) is 4.95. The van der Waals surface area contributed by atoms with Crippen molar-refractivity contribution >= 4 is 0 Å². The summed E-state index contributed by atoms with van der Waals surface area (Å²) in [6.07, 6.45) is -0.0296. The van der Waals surface area contributed by atoms with E-state index in [0.29, 0.717) is 26.0 Å². The maximum absolute atomic E-state index is 12.8. The molecule has 182 valence electrons. The SMILES string of the molecule is CCN1C[C@]2(COC)CC[C@H](O)[C@@]34[C@@H]5C[C@H]6[C@H](O)[C@@H]5[C@](O)(C[C@@H]6OC)[C@@](O)([C@H](OC)[C@H]23)[C@@H]14. The molecule has 13 atom stereocenters. The Morgan fingerprint density at radius 1 is 1.09 bits per heavy atom. The molecule has 32 heavy (non-hydrogen) atoms. The molecule has 1 spiro atoms. The molecule has 6 rings (SSSR count). The van der Waals surface area contributed by atoms with Gasteiger partial charge in [0.1, 0.15) is 11.2 Å². The van der Waals surface area contributed by atoms with Crippen LogP contribution in [0.15, 0.2) is 0 Å². The number of hydrogen-bond donors (Lipinski definition) is 4. The normalized spacial score (nSPS) is 62.4. The largest absolute Gasteiger partial charge is 0.392 e. The minimum absolute atomic E-state index is 0.102. The highest BCUT2D eigenvalue weighted by Crippen LogP contribution is 2.80. The van der Waals surface area contributed by atoms with Gasteiger partial charge < -0.3 is 34.6 Å². The first kappa shape index (κ1) is 22.2. The van der Waals surface area contributed by atoms with E-state index in [9.17, 15) is 20.4 Å². The third-order valence-electron chi connectivity index (χ3n) is 11.2. The van der Waals surface area contributed by atoms with Gasteiger partial charge in [0.2, 0.25) is 0 Å². The highest BCUT2D eigenvalue weighted by Gasteiger charge is 2.91. The van der Waals surface area contributed by atoms with E-state index >= 15 is 0 Å². The number of likely N-dealkylation sites (N-methyl/N-ethyl adjacent to an activating group) is 1. The first-order chi connectivity index (χ1) is 15.2. The standard InChI is InChI=1S/C24H39NO7/c1-5-25-10-21(11-30-2)7-6-15(26)23-13-8-12-14(31-3)9-22(28,16(13)17(12)27)24(29,20(23)25)19(32-4)18(21)23/h12-20,26-29H,5-11H2,1-4H3/t12-,13-,14+,15+,16-,17+,18-,19-,20+,21+,22-,23+,24-/m1/s1. The van der Waals surface area contributed by atoms with Crippen LogP contribution in [-0.4, -0.2) is 108 Å². The van der Waals surface area contributed by atoms with Gasteiger partial charge in [-0.1, -0.05) is 6.92 Å². The Labute approximate surface area is 189 Å². The molecule has 6 fully saturated rings. The lowest BCUT2D eigenvalue weighted by Gasteiger charge is -2.69. The Morgan fingerprint density at radius 2 is 1.84 bits per heavy atom. The molecular formula is C24H39NO7. The molecule has 5 aliphatic carbocycles. The summed E-state index contributed by atoms with van der Waals surface area (Å²) in [6, 6.07) is -0.442. The van der Waals surface area contributed by atoms with E-state index in [1.807, 2.05) is 0 Å². The van der Waals surface area contributed by atoms with Gasteiger partial charge in [0.15, 0.2) is 0 Å². The van der Waals surface area contributed by atoms with E-state index in [1.165, 1.54) is 0 Å². The van der Waals surface area contributed by atoms with Gasteiger partial charge in [0, 0.05) is 62.9 Å². The van der Waals surface area contributed by atoms with Gasteiger partial charge in [0.05, 0.1) is 37.1 Å². The summed E-state index contributed by atoms with van der Waals surface area (Å²) in [5.74, 6) is -0.889. The van der Waals surface area contributed by atoms with Crippen molar-refractivity contribution in [3.63, 3.8) is 0 Å². The number of likely N-dealkylation sites (tertiary alicyclic amines) is 1. The molecule has 0 aromatic rings. The Morgan fingerprint density at radius 3 is 2.47 bits per heavy atom. The predicted molar refractivity (Wildman–Crippen MR) is 114 cm³/mol. The first-order valence-electron chi connectivity index (χ1n) is 12.3. The van der Waals surface area contributed by atoms with E-state index in [0.717, 1.165) is 13.0 Å². The molecule has 5 saturated carbocycles. The van der Waals surface area contributed by atoms with Crippen LogP contribution in [0, 0.1) is 34.5 Å². The van der Waals surface area contributed by atoms with Gasteiger partial charge in [-0.15, -0.1) is 0 Å². The van der Waals surface area contributed by atoms with Gasteiger partial charge >= 0.3 is 0 Å². The maximum Gasteiger partial charge on any atom is 0.136 e. The predicted octanol–water partition coefficient (Wildman–Crippen LogP) is -0.383. The van der Waals surface area contributed by atoms with Gasteiger partial charge in [-0.3, -0.25) is 4.90 Å². The lowest BCUT2D eigenvalue weighted by molar-refractivity contribution is -0.317. The zero-order valence-electron chi connectivity index (χ0n) is 19.6. The van der Waals surface area contributed by atoms with Crippen LogP contribution in [0.5, 0.6) is 0 Å². The third kappa shape index (κ3) is 1.99. The van der Waals surface area contributed by atoms with E-state index in [4.69, 9.17) is 14.2 Å². The summed E-state index contributed by atoms with van der Waals surface area (Å²) < 4.78 is 17.7. The number of fused-ring (bicyclic) bond motifs is 2. The van der Waals surface area contributed by atoms with Crippen molar-refractivity contribution < 1.29 is 34.6 Å². The van der Waals surface area contributed by atoms with Crippen LogP contribution in [0.25, 0.3) is 0 Å². The molecule has 1 aliphatic heterocycles. The summed E-state index contributed by atoms with van der Waals surface area (Å²) >= 11 is 0. The van der Waals surface area contributed by atoms with Crippen molar-refractivity contribution in [2.45, 2.75) is 74.3 Å². The molecule has 0 radical (unpaired) electrons. The molecule has 1 heterocycles. The van der Waals surface area contributed by atoms with Gasteiger partial charge in [0.25, 0.3) is 0 Å². The number of hydrogen-bond acceptors (Lipinski definition) is 8. The topological polar surface area (TPSA) is 112 Å². The van der Waals surface area contributed by atoms with Crippen molar-refractivity contribution in [3.05, 3.63) is 0 Å². The van der Waals surface area contributed by atoms with Crippen LogP contribution < -0.4 is 0 Å². The fourth-order valence-corrected chi connectivity index (χ4v) is 10.7. The molecule has 0 aromatic carbocycles. The number of nitrogens with zero attached hydrogens (tertiary/aromatic N) is 1. The monoisotopic (exact) mass is 453 g/mol. The highest BCUT2D eigenvalue weighted by atomic mass is 16.5. The number of rotatable bonds is 5. The second-order valence-corrected chi connectivity index (χ2v) is 11.7. The number of ether oxygens (including phenoxy) is 3. The molecule has 0 amide bonds. The lowest BCUT2D eigenvalue weighted by Crippen LogP contribution is -2.81. The van der Waals surface area contributed by atoms with Crippen LogP contribution in [0.2, 0.25) is 0 Å². The second kappa shape index (κ2) is 6.66. The molecule has 8 heteroatoms. The molecule has 4 N–H and O–H groups in total. The molecule has 8 nitrogen and oxygen atoms in total. The minimum Gasteiger partial charge on any atom is -0.392 e. The van der Waals surface area contributed by atoms with Crippen molar-refractivity contribution in [2.75, 3.05) is 41.0 Å². The zero-order chi connectivity index (χ0) is 22.8. The first-order valence-corrected chi connectivity index (χ1v) is 12.3. The fraction of sp³-hybridized carbons (Fsp3) is 1.00. The van der Waals surface area contributed by atoms with E-state index in [1.54, 1.807) is 21.3 Å². The Hall–Kier alpha value is -0.320. The summed E-state index contributed by atoms with van der Waals surface area (Å²) in [6.45, 7) is 4.05. The van der Waals surface area contributed by atoms with Crippen molar-refractivity contribution in [3.8, 4) is 0 Å². The van der Waals surface area contributed by atoms with Crippen LogP contribution in [-0.2, 0) is 14.2 Å². The zero-order valence-corrected chi connectivity index (χ0v) is 19.6. The number of aliphatic hydroxyl groups is 4. The van der Waals surface area contributed by atoms with Crippen molar-refractivity contribution in [1.29, 1.82) is 0 Å². The van der Waals surface area contributed by atoms with Gasteiger partial charge in [-0.05, 0) is 31.7 Å². The van der Waals surface area contributed by atoms with Crippen molar-refractivity contribution in [2.24, 2.45) is 34.5 Å². The molecular weight excluding hydrogens is 414 g/mol. The molecule has 0 unspecified atom stereocenters. The van der Waals surface area contributed by atoms with Crippen LogP contribution in [0.1, 0.15) is 32.6 Å². The van der Waals surface area contributed by atoms with Crippen LogP contribution in [0.3, 0.4) is 0 Å². The summed E-state index contributed by atoms with van der Waals surface area (Å²) in [4.78, 5) is 2.28. The van der Waals surface area contributed by atoms with Crippen molar-refractivity contribution in [1.82, 2.24) is 4.90 Å². The van der Waals surface area contributed by atoms with Gasteiger partial charge in [-0.2, -0.15) is 0 Å². The van der Waals surface area contributed by atoms with E-state index < -0.39 is 46.9 Å². The molecule has 0 aromatic heterocycles. The van der Waals surface area contributed by atoms with Crippen LogP contribution >= 0.6 is 0 Å². The third-order valence-corrected chi connectivity index (χ3v) is 11.2. The van der Waals surface area contributed by atoms with E-state index in [2.05, 4.69) is 11.8 Å². The summed E-state index contributed by atoms with van der Waals surface area (Å²) in [5, 5.41) is 48.5. The average Bonchev–Trinajstić information content (AvgIpc) is 3.14. The molecule has 7 bridgehead atoms. The lowest BCUT2D eigenvalue weighted by atomic mass is 9.42. The minimum atomic E-state index is -1.63. The number of piperidine rings is 1. The second-order valence-electron chi connectivity index (χ2n) is 11.7. The number of methoxy groups -OCH3 is 3. The average molecular weight is 454 g/mol. The Balaban J connectivity index is 1.67. The molecule has 1 saturated heterocycles. The summed E-state index contributed by atoms with van der Waals surface area (Å²) in [5.41, 5.74) is -4.15. The van der Waals surface area contributed by atoms with Gasteiger partial charge in [-0.25, -0.2) is 0 Å². The number of aliphatic hydroxyl groups excluding tert-OH is 2. The maximum atomic E-state index is 12.8. The quantitative estimate of drug-likeness (QED) is 0.446. The fourth-order valence-electron chi connectivity index (χ4n) is 10.7. The Bertz CT molecular complexity index is 798. The Kier molecular flexibility index (Phi) is 4.62. The highest BCUT2D eigenvalue weighted by molar-refractivity contribution is 5.41.